The number of benzene rings is 1. The summed E-state index contributed by atoms with van der Waals surface area (Å²) in [7, 11) is 1.98. The fourth-order valence-corrected chi connectivity index (χ4v) is 2.90. The van der Waals surface area contributed by atoms with Crippen molar-refractivity contribution in [1.82, 2.24) is 19.3 Å². The van der Waals surface area contributed by atoms with Gasteiger partial charge in [-0.05, 0) is 12.0 Å². The minimum atomic E-state index is 0.576. The average Bonchev–Trinajstić information content (AvgIpc) is 2.99. The summed E-state index contributed by atoms with van der Waals surface area (Å²) in [5.41, 5.74) is 4.40. The van der Waals surface area contributed by atoms with E-state index >= 15 is 0 Å². The predicted octanol–water partition coefficient (Wildman–Crippen LogP) is 3.16. The van der Waals surface area contributed by atoms with Gasteiger partial charge in [0, 0.05) is 19.3 Å². The SMILES string of the molecule is CCc1nn(C)c2c1nc(CCCl)n2Cc1ccccc1. The molecule has 0 bridgehead atoms. The lowest BCUT2D eigenvalue weighted by Gasteiger charge is -2.09. The van der Waals surface area contributed by atoms with Crippen molar-refractivity contribution in [2.24, 2.45) is 7.05 Å². The van der Waals surface area contributed by atoms with Gasteiger partial charge in [0.2, 0.25) is 0 Å². The van der Waals surface area contributed by atoms with E-state index in [-0.39, 0.29) is 0 Å². The normalized spacial score (nSPS) is 11.4. The molecule has 0 N–H and O–H groups in total. The van der Waals surface area contributed by atoms with Gasteiger partial charge < -0.3 is 4.57 Å². The summed E-state index contributed by atoms with van der Waals surface area (Å²) in [6.45, 7) is 2.91. The van der Waals surface area contributed by atoms with Crippen LogP contribution in [0.4, 0.5) is 0 Å². The lowest BCUT2D eigenvalue weighted by molar-refractivity contribution is 0.688. The summed E-state index contributed by atoms with van der Waals surface area (Å²) < 4.78 is 4.17. The zero-order valence-corrected chi connectivity index (χ0v) is 13.1. The molecule has 0 aliphatic rings. The van der Waals surface area contributed by atoms with E-state index in [2.05, 4.69) is 40.9 Å². The molecule has 5 heteroatoms. The highest BCUT2D eigenvalue weighted by molar-refractivity contribution is 6.17. The highest BCUT2D eigenvalue weighted by atomic mass is 35.5. The van der Waals surface area contributed by atoms with Crippen LogP contribution in [0.1, 0.15) is 24.0 Å². The number of halogens is 1. The molecule has 4 nitrogen and oxygen atoms in total. The van der Waals surface area contributed by atoms with Crippen LogP contribution in [0.25, 0.3) is 11.2 Å². The summed E-state index contributed by atoms with van der Waals surface area (Å²) in [5.74, 6) is 1.61. The van der Waals surface area contributed by atoms with Crippen molar-refractivity contribution < 1.29 is 0 Å². The topological polar surface area (TPSA) is 35.6 Å². The molecule has 110 valence electrons. The third kappa shape index (κ3) is 2.56. The number of alkyl halides is 1. The lowest BCUT2D eigenvalue weighted by Crippen LogP contribution is -2.09. The third-order valence-electron chi connectivity index (χ3n) is 3.71. The molecule has 0 aliphatic heterocycles. The van der Waals surface area contributed by atoms with E-state index in [0.29, 0.717) is 5.88 Å². The van der Waals surface area contributed by atoms with Crippen LogP contribution in [0, 0.1) is 0 Å². The Morgan fingerprint density at radius 1 is 1.19 bits per heavy atom. The van der Waals surface area contributed by atoms with Gasteiger partial charge in [-0.1, -0.05) is 37.3 Å². The summed E-state index contributed by atoms with van der Waals surface area (Å²) in [4.78, 5) is 4.79. The van der Waals surface area contributed by atoms with E-state index in [0.717, 1.165) is 42.1 Å². The van der Waals surface area contributed by atoms with E-state index in [1.54, 1.807) is 0 Å². The molecule has 2 heterocycles. The molecule has 0 unspecified atom stereocenters. The van der Waals surface area contributed by atoms with Gasteiger partial charge in [0.1, 0.15) is 11.3 Å². The van der Waals surface area contributed by atoms with Gasteiger partial charge in [-0.15, -0.1) is 11.6 Å². The number of imidazole rings is 1. The van der Waals surface area contributed by atoms with Crippen LogP contribution >= 0.6 is 11.6 Å². The fraction of sp³-hybridized carbons (Fsp3) is 0.375. The third-order valence-corrected chi connectivity index (χ3v) is 3.90. The first kappa shape index (κ1) is 14.1. The van der Waals surface area contributed by atoms with Crippen LogP contribution in [0.3, 0.4) is 0 Å². The Morgan fingerprint density at radius 2 is 1.95 bits per heavy atom. The van der Waals surface area contributed by atoms with Crippen molar-refractivity contribution in [3.8, 4) is 0 Å². The maximum atomic E-state index is 5.94. The second-order valence-electron chi connectivity index (χ2n) is 5.13. The molecule has 0 amide bonds. The maximum Gasteiger partial charge on any atom is 0.158 e. The van der Waals surface area contributed by atoms with E-state index in [1.807, 2.05) is 17.8 Å². The van der Waals surface area contributed by atoms with Crippen molar-refractivity contribution in [2.75, 3.05) is 5.88 Å². The van der Waals surface area contributed by atoms with Crippen molar-refractivity contribution >= 4 is 22.8 Å². The van der Waals surface area contributed by atoms with Crippen LogP contribution in [0.5, 0.6) is 0 Å². The van der Waals surface area contributed by atoms with Gasteiger partial charge in [0.25, 0.3) is 0 Å². The van der Waals surface area contributed by atoms with Crippen molar-refractivity contribution in [3.63, 3.8) is 0 Å². The van der Waals surface area contributed by atoms with Gasteiger partial charge in [-0.25, -0.2) is 4.98 Å². The zero-order chi connectivity index (χ0) is 14.8. The molecule has 0 aliphatic carbocycles. The van der Waals surface area contributed by atoms with Gasteiger partial charge in [-0.2, -0.15) is 5.10 Å². The summed E-state index contributed by atoms with van der Waals surface area (Å²) in [6, 6.07) is 10.4. The standard InChI is InChI=1S/C16H19ClN4/c1-3-13-15-16(20(2)19-13)21(14(18-15)9-10-17)11-12-7-5-4-6-8-12/h4-8H,3,9-11H2,1-2H3. The number of hydrogen-bond donors (Lipinski definition) is 0. The Kier molecular flexibility index (Phi) is 3.97. The van der Waals surface area contributed by atoms with Gasteiger partial charge in [-0.3, -0.25) is 4.68 Å². The molecule has 3 aromatic rings. The van der Waals surface area contributed by atoms with Crippen LogP contribution < -0.4 is 0 Å². The second-order valence-corrected chi connectivity index (χ2v) is 5.51. The van der Waals surface area contributed by atoms with E-state index in [1.165, 1.54) is 5.56 Å². The summed E-state index contributed by atoms with van der Waals surface area (Å²) >= 11 is 5.94. The number of fused-ring (bicyclic) bond motifs is 1. The molecule has 0 radical (unpaired) electrons. The van der Waals surface area contributed by atoms with Crippen LogP contribution in [-0.4, -0.2) is 25.2 Å². The smallest absolute Gasteiger partial charge is 0.158 e. The number of hydrogen-bond acceptors (Lipinski definition) is 2. The average molecular weight is 303 g/mol. The Morgan fingerprint density at radius 3 is 2.62 bits per heavy atom. The molecule has 0 spiro atoms. The van der Waals surface area contributed by atoms with Crippen LogP contribution in [0.2, 0.25) is 0 Å². The van der Waals surface area contributed by atoms with E-state index in [4.69, 9.17) is 16.6 Å². The molecule has 3 rings (SSSR count). The molecule has 21 heavy (non-hydrogen) atoms. The van der Waals surface area contributed by atoms with Crippen molar-refractivity contribution in [3.05, 3.63) is 47.4 Å². The minimum Gasteiger partial charge on any atom is -0.308 e. The molecular formula is C16H19ClN4. The lowest BCUT2D eigenvalue weighted by atomic mass is 10.2. The Hall–Kier alpha value is -1.81. The highest BCUT2D eigenvalue weighted by Gasteiger charge is 2.18. The fourth-order valence-electron chi connectivity index (χ4n) is 2.73. The summed E-state index contributed by atoms with van der Waals surface area (Å²) in [6.07, 6.45) is 1.66. The van der Waals surface area contributed by atoms with Crippen LogP contribution in [0.15, 0.2) is 30.3 Å². The molecule has 0 atom stereocenters. The minimum absolute atomic E-state index is 0.576. The Balaban J connectivity index is 2.13. The first-order chi connectivity index (χ1) is 10.2. The van der Waals surface area contributed by atoms with Crippen molar-refractivity contribution in [2.45, 2.75) is 26.3 Å². The number of nitrogens with zero attached hydrogens (tertiary/aromatic N) is 4. The van der Waals surface area contributed by atoms with Gasteiger partial charge >= 0.3 is 0 Å². The maximum absolute atomic E-state index is 5.94. The summed E-state index contributed by atoms with van der Waals surface area (Å²) in [5, 5.41) is 4.57. The first-order valence-corrected chi connectivity index (χ1v) is 7.79. The van der Waals surface area contributed by atoms with Crippen molar-refractivity contribution in [1.29, 1.82) is 0 Å². The Labute approximate surface area is 129 Å². The quantitative estimate of drug-likeness (QED) is 0.679. The molecule has 2 aromatic heterocycles. The Bertz CT molecular complexity index is 743. The largest absolute Gasteiger partial charge is 0.308 e. The van der Waals surface area contributed by atoms with E-state index < -0.39 is 0 Å². The molecule has 0 saturated carbocycles. The molecule has 1 aromatic carbocycles. The second kappa shape index (κ2) is 5.90. The highest BCUT2D eigenvalue weighted by Crippen LogP contribution is 2.22. The zero-order valence-electron chi connectivity index (χ0n) is 12.4. The molecule has 0 saturated heterocycles. The monoisotopic (exact) mass is 302 g/mol. The van der Waals surface area contributed by atoms with Gasteiger partial charge in [0.15, 0.2) is 5.65 Å². The first-order valence-electron chi connectivity index (χ1n) is 7.25. The number of aryl methyl sites for hydroxylation is 3. The molecule has 0 fully saturated rings. The van der Waals surface area contributed by atoms with Gasteiger partial charge in [0.05, 0.1) is 12.2 Å². The van der Waals surface area contributed by atoms with E-state index in [9.17, 15) is 0 Å². The predicted molar refractivity (Wildman–Crippen MR) is 85.8 cm³/mol. The number of aromatic nitrogens is 4. The molecular weight excluding hydrogens is 284 g/mol. The van der Waals surface area contributed by atoms with Crippen LogP contribution in [-0.2, 0) is 26.4 Å². The number of rotatable bonds is 5.